The molecule has 6 nitrogen and oxygen atoms in total. The van der Waals surface area contributed by atoms with Crippen molar-refractivity contribution in [3.63, 3.8) is 0 Å². The molecule has 2 aliphatic heterocycles. The van der Waals surface area contributed by atoms with Gasteiger partial charge in [-0.3, -0.25) is 4.79 Å². The molecule has 0 aliphatic carbocycles. The van der Waals surface area contributed by atoms with Gasteiger partial charge in [-0.15, -0.1) is 0 Å². The molecule has 29 heavy (non-hydrogen) atoms. The molecule has 1 saturated heterocycles. The SMILES string of the molecule is CCOc1c(Cl)cc(C(=O)N2CCC[C@@H]2c2ccc3c(c2)OCCO3)cc1OC. The Morgan fingerprint density at radius 2 is 2.00 bits per heavy atom. The Labute approximate surface area is 175 Å². The molecule has 0 N–H and O–H groups in total. The normalized spacial score (nSPS) is 17.9. The summed E-state index contributed by atoms with van der Waals surface area (Å²) in [7, 11) is 1.54. The van der Waals surface area contributed by atoms with Crippen LogP contribution in [0, 0.1) is 0 Å². The van der Waals surface area contributed by atoms with Crippen LogP contribution in [0.5, 0.6) is 23.0 Å². The highest BCUT2D eigenvalue weighted by Gasteiger charge is 2.32. The molecule has 2 aliphatic rings. The summed E-state index contributed by atoms with van der Waals surface area (Å²) in [4.78, 5) is 15.2. The topological polar surface area (TPSA) is 57.2 Å². The summed E-state index contributed by atoms with van der Waals surface area (Å²) in [6, 6.07) is 9.23. The first-order valence-electron chi connectivity index (χ1n) is 9.83. The molecule has 1 atom stereocenters. The summed E-state index contributed by atoms with van der Waals surface area (Å²) < 4.78 is 22.3. The van der Waals surface area contributed by atoms with Crippen LogP contribution in [-0.4, -0.2) is 44.3 Å². The first-order valence-corrected chi connectivity index (χ1v) is 10.2. The van der Waals surface area contributed by atoms with Crippen molar-refractivity contribution in [1.82, 2.24) is 4.90 Å². The smallest absolute Gasteiger partial charge is 0.254 e. The van der Waals surface area contributed by atoms with Crippen molar-refractivity contribution in [3.05, 3.63) is 46.5 Å². The number of hydrogen-bond donors (Lipinski definition) is 0. The van der Waals surface area contributed by atoms with Gasteiger partial charge in [0.1, 0.15) is 13.2 Å². The quantitative estimate of drug-likeness (QED) is 0.717. The number of carbonyl (C=O) groups excluding carboxylic acids is 1. The van der Waals surface area contributed by atoms with E-state index < -0.39 is 0 Å². The van der Waals surface area contributed by atoms with Crippen molar-refractivity contribution in [1.29, 1.82) is 0 Å². The van der Waals surface area contributed by atoms with Gasteiger partial charge < -0.3 is 23.8 Å². The third-order valence-electron chi connectivity index (χ3n) is 5.23. The van der Waals surface area contributed by atoms with E-state index in [1.54, 1.807) is 12.1 Å². The van der Waals surface area contributed by atoms with E-state index in [4.69, 9.17) is 30.5 Å². The number of fused-ring (bicyclic) bond motifs is 1. The predicted octanol–water partition coefficient (Wildman–Crippen LogP) is 4.50. The monoisotopic (exact) mass is 417 g/mol. The van der Waals surface area contributed by atoms with Crippen LogP contribution in [0.15, 0.2) is 30.3 Å². The molecule has 4 rings (SSSR count). The highest BCUT2D eigenvalue weighted by molar-refractivity contribution is 6.32. The lowest BCUT2D eigenvalue weighted by molar-refractivity contribution is 0.0734. The third kappa shape index (κ3) is 3.81. The Morgan fingerprint density at radius 1 is 1.21 bits per heavy atom. The lowest BCUT2D eigenvalue weighted by atomic mass is 10.0. The van der Waals surface area contributed by atoms with E-state index in [1.807, 2.05) is 30.0 Å². The van der Waals surface area contributed by atoms with Crippen LogP contribution in [0.2, 0.25) is 5.02 Å². The summed E-state index contributed by atoms with van der Waals surface area (Å²) in [6.45, 7) is 4.11. The summed E-state index contributed by atoms with van der Waals surface area (Å²) in [5, 5.41) is 0.365. The fourth-order valence-electron chi connectivity index (χ4n) is 3.92. The van der Waals surface area contributed by atoms with Gasteiger partial charge in [0.05, 0.1) is 24.8 Å². The molecule has 2 aromatic rings. The Balaban J connectivity index is 1.62. The van der Waals surface area contributed by atoms with E-state index in [0.717, 1.165) is 29.9 Å². The maximum absolute atomic E-state index is 13.3. The number of amides is 1. The molecule has 2 heterocycles. The van der Waals surface area contributed by atoms with E-state index in [9.17, 15) is 4.79 Å². The molecule has 2 aromatic carbocycles. The molecule has 0 radical (unpaired) electrons. The van der Waals surface area contributed by atoms with Gasteiger partial charge in [-0.2, -0.15) is 0 Å². The number of nitrogens with zero attached hydrogens (tertiary/aromatic N) is 1. The number of benzene rings is 2. The van der Waals surface area contributed by atoms with E-state index >= 15 is 0 Å². The standard InChI is InChI=1S/C22H24ClNO5/c1-3-27-21-16(23)11-15(13-20(21)26-2)22(25)24-8-4-5-17(24)14-6-7-18-19(12-14)29-10-9-28-18/h6-7,11-13,17H,3-5,8-10H2,1-2H3/t17-/m1/s1. The molecule has 1 fully saturated rings. The van der Waals surface area contributed by atoms with Crippen molar-refractivity contribution in [2.45, 2.75) is 25.8 Å². The molecule has 154 valence electrons. The summed E-state index contributed by atoms with van der Waals surface area (Å²) in [5.74, 6) is 2.32. The first kappa shape index (κ1) is 19.7. The number of ether oxygens (including phenoxy) is 4. The van der Waals surface area contributed by atoms with E-state index in [1.165, 1.54) is 7.11 Å². The average molecular weight is 418 g/mol. The van der Waals surface area contributed by atoms with E-state index in [0.29, 0.717) is 48.5 Å². The van der Waals surface area contributed by atoms with Crippen LogP contribution in [0.25, 0.3) is 0 Å². The Bertz CT molecular complexity index is 916. The minimum atomic E-state index is -0.0781. The maximum Gasteiger partial charge on any atom is 0.254 e. The molecule has 7 heteroatoms. The van der Waals surface area contributed by atoms with Gasteiger partial charge in [-0.05, 0) is 49.6 Å². The Hall–Kier alpha value is -2.60. The molecule has 1 amide bonds. The second kappa shape index (κ2) is 8.41. The minimum Gasteiger partial charge on any atom is -0.493 e. The highest BCUT2D eigenvalue weighted by atomic mass is 35.5. The number of hydrogen-bond acceptors (Lipinski definition) is 5. The van der Waals surface area contributed by atoms with Gasteiger partial charge in [0, 0.05) is 12.1 Å². The number of likely N-dealkylation sites (tertiary alicyclic amines) is 1. The number of rotatable bonds is 5. The van der Waals surface area contributed by atoms with Crippen LogP contribution < -0.4 is 18.9 Å². The first-order chi connectivity index (χ1) is 14.1. The minimum absolute atomic E-state index is 0.0188. The molecule has 0 saturated carbocycles. The second-order valence-electron chi connectivity index (χ2n) is 6.98. The summed E-state index contributed by atoms with van der Waals surface area (Å²) in [6.07, 6.45) is 1.83. The second-order valence-corrected chi connectivity index (χ2v) is 7.39. The van der Waals surface area contributed by atoms with Crippen molar-refractivity contribution < 1.29 is 23.7 Å². The third-order valence-corrected chi connectivity index (χ3v) is 5.51. The van der Waals surface area contributed by atoms with Crippen molar-refractivity contribution >= 4 is 17.5 Å². The Morgan fingerprint density at radius 3 is 2.76 bits per heavy atom. The molecular formula is C22H24ClNO5. The van der Waals surface area contributed by atoms with Crippen LogP contribution in [0.4, 0.5) is 0 Å². The van der Waals surface area contributed by atoms with Crippen LogP contribution >= 0.6 is 11.6 Å². The van der Waals surface area contributed by atoms with Crippen LogP contribution in [0.1, 0.15) is 41.7 Å². The molecular weight excluding hydrogens is 394 g/mol. The van der Waals surface area contributed by atoms with E-state index in [-0.39, 0.29) is 11.9 Å². The van der Waals surface area contributed by atoms with Gasteiger partial charge in [-0.25, -0.2) is 0 Å². The summed E-state index contributed by atoms with van der Waals surface area (Å²) in [5.41, 5.74) is 1.53. The zero-order chi connectivity index (χ0) is 20.4. The van der Waals surface area contributed by atoms with Gasteiger partial charge >= 0.3 is 0 Å². The summed E-state index contributed by atoms with van der Waals surface area (Å²) >= 11 is 6.37. The maximum atomic E-state index is 13.3. The Kier molecular flexibility index (Phi) is 5.72. The molecule has 0 bridgehead atoms. The van der Waals surface area contributed by atoms with E-state index in [2.05, 4.69) is 0 Å². The zero-order valence-corrected chi connectivity index (χ0v) is 17.3. The number of methoxy groups -OCH3 is 1. The van der Waals surface area contributed by atoms with Gasteiger partial charge in [-0.1, -0.05) is 17.7 Å². The largest absolute Gasteiger partial charge is 0.493 e. The van der Waals surface area contributed by atoms with Crippen LogP contribution in [0.3, 0.4) is 0 Å². The van der Waals surface area contributed by atoms with Gasteiger partial charge in [0.15, 0.2) is 23.0 Å². The number of halogens is 1. The molecule has 0 aromatic heterocycles. The van der Waals surface area contributed by atoms with Crippen molar-refractivity contribution in [2.75, 3.05) is 33.5 Å². The molecule has 0 unspecified atom stereocenters. The van der Waals surface area contributed by atoms with Crippen LogP contribution in [-0.2, 0) is 0 Å². The highest BCUT2D eigenvalue weighted by Crippen LogP contribution is 2.40. The lowest BCUT2D eigenvalue weighted by Gasteiger charge is -2.27. The predicted molar refractivity (Wildman–Crippen MR) is 110 cm³/mol. The van der Waals surface area contributed by atoms with Gasteiger partial charge in [0.2, 0.25) is 0 Å². The van der Waals surface area contributed by atoms with Gasteiger partial charge in [0.25, 0.3) is 5.91 Å². The fourth-order valence-corrected chi connectivity index (χ4v) is 4.18. The zero-order valence-electron chi connectivity index (χ0n) is 16.6. The fraction of sp³-hybridized carbons (Fsp3) is 0.409. The molecule has 0 spiro atoms. The lowest BCUT2D eigenvalue weighted by Crippen LogP contribution is -2.30. The number of carbonyl (C=O) groups is 1. The van der Waals surface area contributed by atoms with Crippen molar-refractivity contribution in [2.24, 2.45) is 0 Å². The van der Waals surface area contributed by atoms with Crippen molar-refractivity contribution in [3.8, 4) is 23.0 Å². The average Bonchev–Trinajstić information content (AvgIpc) is 3.24.